The number of rotatable bonds is 4. The number of carbonyl (C=O) groups is 1. The highest BCUT2D eigenvalue weighted by Gasteiger charge is 2.21. The quantitative estimate of drug-likeness (QED) is 0.847. The Balaban J connectivity index is 1.79. The number of likely N-dealkylation sites (tertiary alicyclic amines) is 1. The minimum absolute atomic E-state index is 0.0861. The van der Waals surface area contributed by atoms with Gasteiger partial charge in [0.2, 0.25) is 0 Å². The summed E-state index contributed by atoms with van der Waals surface area (Å²) in [6.45, 7) is 7.42. The molecule has 0 spiro atoms. The van der Waals surface area contributed by atoms with Crippen molar-refractivity contribution in [3.05, 3.63) is 17.7 Å². The molecule has 1 aliphatic heterocycles. The summed E-state index contributed by atoms with van der Waals surface area (Å²) in [5, 5.41) is 3.05. The van der Waals surface area contributed by atoms with Gasteiger partial charge in [-0.15, -0.1) is 0 Å². The van der Waals surface area contributed by atoms with Crippen LogP contribution in [0.4, 0.5) is 0 Å². The standard InChI is InChI=1S/C13H22N4O/c1-3-6-17-7-4-11(5-8-17)16-13(18)12-14-9-10(2)15-12/h9,11H,3-8H2,1-2H3,(H,14,15)(H,16,18). The molecular weight excluding hydrogens is 228 g/mol. The maximum absolute atomic E-state index is 11.9. The Bertz CT molecular complexity index is 393. The Morgan fingerprint density at radius 2 is 2.28 bits per heavy atom. The molecule has 0 aliphatic carbocycles. The van der Waals surface area contributed by atoms with Crippen LogP contribution in [0.3, 0.4) is 0 Å². The van der Waals surface area contributed by atoms with Crippen LogP contribution in [0.5, 0.6) is 0 Å². The molecule has 5 heteroatoms. The van der Waals surface area contributed by atoms with Gasteiger partial charge in [-0.2, -0.15) is 0 Å². The number of aryl methyl sites for hydroxylation is 1. The lowest BCUT2D eigenvalue weighted by molar-refractivity contribution is 0.0901. The fraction of sp³-hybridized carbons (Fsp3) is 0.692. The fourth-order valence-electron chi connectivity index (χ4n) is 2.40. The van der Waals surface area contributed by atoms with E-state index in [2.05, 4.69) is 27.1 Å². The minimum Gasteiger partial charge on any atom is -0.347 e. The normalized spacial score (nSPS) is 17.9. The van der Waals surface area contributed by atoms with E-state index in [-0.39, 0.29) is 11.9 Å². The third-order valence-electron chi connectivity index (χ3n) is 3.38. The van der Waals surface area contributed by atoms with Crippen molar-refractivity contribution >= 4 is 5.91 Å². The highest BCUT2D eigenvalue weighted by atomic mass is 16.2. The largest absolute Gasteiger partial charge is 0.347 e. The molecule has 1 amide bonds. The predicted molar refractivity (Wildman–Crippen MR) is 70.5 cm³/mol. The van der Waals surface area contributed by atoms with Crippen molar-refractivity contribution in [3.8, 4) is 0 Å². The molecule has 5 nitrogen and oxygen atoms in total. The molecule has 0 radical (unpaired) electrons. The molecule has 1 fully saturated rings. The van der Waals surface area contributed by atoms with Crippen molar-refractivity contribution in [2.75, 3.05) is 19.6 Å². The molecule has 1 saturated heterocycles. The number of H-pyrrole nitrogens is 1. The number of aromatic amines is 1. The molecule has 1 aliphatic rings. The highest BCUT2D eigenvalue weighted by molar-refractivity contribution is 5.90. The molecule has 2 rings (SSSR count). The number of amides is 1. The van der Waals surface area contributed by atoms with Crippen LogP contribution in [0.25, 0.3) is 0 Å². The van der Waals surface area contributed by atoms with E-state index in [0.717, 1.165) is 38.2 Å². The number of hydrogen-bond acceptors (Lipinski definition) is 3. The molecule has 2 N–H and O–H groups in total. The SMILES string of the molecule is CCCN1CCC(NC(=O)c2ncc(C)[nH]2)CC1. The number of imidazole rings is 1. The average Bonchev–Trinajstić information content (AvgIpc) is 2.79. The van der Waals surface area contributed by atoms with E-state index in [9.17, 15) is 4.79 Å². The van der Waals surface area contributed by atoms with Crippen molar-refractivity contribution in [1.82, 2.24) is 20.2 Å². The third-order valence-corrected chi connectivity index (χ3v) is 3.38. The second-order valence-electron chi connectivity index (χ2n) is 5.00. The summed E-state index contributed by atoms with van der Waals surface area (Å²) in [6, 6.07) is 0.288. The molecule has 2 heterocycles. The van der Waals surface area contributed by atoms with Crippen LogP contribution in [-0.4, -0.2) is 46.5 Å². The van der Waals surface area contributed by atoms with Crippen LogP contribution in [-0.2, 0) is 0 Å². The van der Waals surface area contributed by atoms with Gasteiger partial charge in [0.25, 0.3) is 5.91 Å². The maximum Gasteiger partial charge on any atom is 0.287 e. The van der Waals surface area contributed by atoms with Crippen LogP contribution >= 0.6 is 0 Å². The number of carbonyl (C=O) groups excluding carboxylic acids is 1. The first-order chi connectivity index (χ1) is 8.69. The van der Waals surface area contributed by atoms with Gasteiger partial charge in [-0.1, -0.05) is 6.92 Å². The van der Waals surface area contributed by atoms with E-state index in [4.69, 9.17) is 0 Å². The zero-order valence-corrected chi connectivity index (χ0v) is 11.2. The molecule has 100 valence electrons. The molecule has 0 unspecified atom stereocenters. The molecule has 0 aromatic carbocycles. The van der Waals surface area contributed by atoms with Gasteiger partial charge < -0.3 is 15.2 Å². The number of nitrogens with one attached hydrogen (secondary N) is 2. The molecule has 1 aromatic heterocycles. The monoisotopic (exact) mass is 250 g/mol. The van der Waals surface area contributed by atoms with Crippen molar-refractivity contribution in [1.29, 1.82) is 0 Å². The molecule has 1 aromatic rings. The molecule has 0 saturated carbocycles. The predicted octanol–water partition coefficient (Wildman–Crippen LogP) is 1.32. The van der Waals surface area contributed by atoms with Gasteiger partial charge in [0, 0.05) is 31.0 Å². The molecule has 18 heavy (non-hydrogen) atoms. The topological polar surface area (TPSA) is 61.0 Å². The number of piperidine rings is 1. The second kappa shape index (κ2) is 6.00. The number of hydrogen-bond donors (Lipinski definition) is 2. The number of aromatic nitrogens is 2. The van der Waals surface area contributed by atoms with Crippen LogP contribution in [0.15, 0.2) is 6.20 Å². The first-order valence-corrected chi connectivity index (χ1v) is 6.74. The lowest BCUT2D eigenvalue weighted by Gasteiger charge is -2.31. The Morgan fingerprint density at radius 3 is 2.83 bits per heavy atom. The van der Waals surface area contributed by atoms with Crippen molar-refractivity contribution < 1.29 is 4.79 Å². The van der Waals surface area contributed by atoms with E-state index in [1.54, 1.807) is 6.20 Å². The summed E-state index contributed by atoms with van der Waals surface area (Å²) in [5.74, 6) is 0.334. The van der Waals surface area contributed by atoms with Gasteiger partial charge in [0.15, 0.2) is 5.82 Å². The first kappa shape index (κ1) is 13.1. The van der Waals surface area contributed by atoms with E-state index in [1.807, 2.05) is 6.92 Å². The number of nitrogens with zero attached hydrogens (tertiary/aromatic N) is 2. The third kappa shape index (κ3) is 3.32. The lowest BCUT2D eigenvalue weighted by atomic mass is 10.0. The Morgan fingerprint density at radius 1 is 1.56 bits per heavy atom. The summed E-state index contributed by atoms with van der Waals surface area (Å²) in [7, 11) is 0. The first-order valence-electron chi connectivity index (χ1n) is 6.74. The zero-order valence-electron chi connectivity index (χ0n) is 11.2. The molecule has 0 bridgehead atoms. The Kier molecular flexibility index (Phi) is 4.36. The zero-order chi connectivity index (χ0) is 13.0. The maximum atomic E-state index is 11.9. The second-order valence-corrected chi connectivity index (χ2v) is 5.00. The summed E-state index contributed by atoms with van der Waals surface area (Å²) >= 11 is 0. The van der Waals surface area contributed by atoms with Crippen LogP contribution in [0.2, 0.25) is 0 Å². The average molecular weight is 250 g/mol. The Hall–Kier alpha value is -1.36. The van der Waals surface area contributed by atoms with Crippen molar-refractivity contribution in [2.24, 2.45) is 0 Å². The fourth-order valence-corrected chi connectivity index (χ4v) is 2.40. The van der Waals surface area contributed by atoms with Gasteiger partial charge in [0.05, 0.1) is 0 Å². The van der Waals surface area contributed by atoms with E-state index in [0.29, 0.717) is 5.82 Å². The van der Waals surface area contributed by atoms with Gasteiger partial charge >= 0.3 is 0 Å². The minimum atomic E-state index is -0.0861. The molecular formula is C13H22N4O. The Labute approximate surface area is 108 Å². The van der Waals surface area contributed by atoms with Gasteiger partial charge in [-0.25, -0.2) is 4.98 Å². The van der Waals surface area contributed by atoms with E-state index < -0.39 is 0 Å². The highest BCUT2D eigenvalue weighted by Crippen LogP contribution is 2.11. The van der Waals surface area contributed by atoms with Gasteiger partial charge in [-0.3, -0.25) is 4.79 Å². The lowest BCUT2D eigenvalue weighted by Crippen LogP contribution is -2.45. The van der Waals surface area contributed by atoms with E-state index in [1.165, 1.54) is 6.42 Å². The van der Waals surface area contributed by atoms with E-state index >= 15 is 0 Å². The van der Waals surface area contributed by atoms with Gasteiger partial charge in [-0.05, 0) is 32.7 Å². The van der Waals surface area contributed by atoms with Gasteiger partial charge in [0.1, 0.15) is 0 Å². The summed E-state index contributed by atoms with van der Waals surface area (Å²) < 4.78 is 0. The van der Waals surface area contributed by atoms with Crippen molar-refractivity contribution in [2.45, 2.75) is 39.2 Å². The van der Waals surface area contributed by atoms with Crippen molar-refractivity contribution in [3.63, 3.8) is 0 Å². The summed E-state index contributed by atoms with van der Waals surface area (Å²) in [4.78, 5) is 21.4. The van der Waals surface area contributed by atoms with Crippen LogP contribution < -0.4 is 5.32 Å². The summed E-state index contributed by atoms with van der Waals surface area (Å²) in [5.41, 5.74) is 0.915. The molecule has 0 atom stereocenters. The van der Waals surface area contributed by atoms with Crippen LogP contribution in [0, 0.1) is 6.92 Å². The van der Waals surface area contributed by atoms with Crippen LogP contribution in [0.1, 0.15) is 42.5 Å². The summed E-state index contributed by atoms with van der Waals surface area (Å²) in [6.07, 6.45) is 4.94. The smallest absolute Gasteiger partial charge is 0.287 e.